The molecule has 0 spiro atoms. The number of benzene rings is 1. The minimum absolute atomic E-state index is 0.0487. The first-order valence-corrected chi connectivity index (χ1v) is 4.29. The van der Waals surface area contributed by atoms with Crippen molar-refractivity contribution in [1.82, 2.24) is 5.43 Å². The summed E-state index contributed by atoms with van der Waals surface area (Å²) in [5, 5.41) is -0.0487. The maximum atomic E-state index is 12.3. The van der Waals surface area contributed by atoms with Gasteiger partial charge in [-0.05, 0) is 30.4 Å². The first-order valence-electron chi connectivity index (χ1n) is 3.88. The van der Waals surface area contributed by atoms with Gasteiger partial charge in [0, 0.05) is 0 Å². The number of rotatable bonds is 2. The average Bonchev–Trinajstić information content (AvgIpc) is 2.14. The molecule has 0 aliphatic rings. The van der Waals surface area contributed by atoms with Gasteiger partial charge in [-0.2, -0.15) is 13.2 Å². The van der Waals surface area contributed by atoms with Crippen molar-refractivity contribution in [2.24, 2.45) is 5.73 Å². The van der Waals surface area contributed by atoms with Crippen LogP contribution in [0.1, 0.15) is 5.56 Å². The number of hydrogen-bond acceptors (Lipinski definition) is 2. The minimum atomic E-state index is -4.36. The Balaban J connectivity index is 2.79. The zero-order chi connectivity index (χ0) is 11.5. The number of nitrogens with one attached hydrogen (secondary N) is 2. The van der Waals surface area contributed by atoms with Crippen molar-refractivity contribution in [3.8, 4) is 0 Å². The molecule has 4 N–H and O–H groups in total. The number of halogens is 3. The Bertz CT molecular complexity index is 364. The van der Waals surface area contributed by atoms with Crippen LogP contribution in [0.2, 0.25) is 0 Å². The SMILES string of the molecule is NC(=S)NNc1cccc(C(F)(F)F)c1. The van der Waals surface area contributed by atoms with Gasteiger partial charge >= 0.3 is 6.18 Å². The molecule has 7 heteroatoms. The second kappa shape index (κ2) is 4.35. The fourth-order valence-electron chi connectivity index (χ4n) is 0.907. The predicted octanol–water partition coefficient (Wildman–Crippen LogP) is 1.87. The largest absolute Gasteiger partial charge is 0.416 e. The van der Waals surface area contributed by atoms with Crippen molar-refractivity contribution in [1.29, 1.82) is 0 Å². The van der Waals surface area contributed by atoms with Crippen LogP contribution in [0.25, 0.3) is 0 Å². The number of nitrogens with two attached hydrogens (primary N) is 1. The van der Waals surface area contributed by atoms with E-state index in [9.17, 15) is 13.2 Å². The van der Waals surface area contributed by atoms with Gasteiger partial charge in [-0.1, -0.05) is 6.07 Å². The van der Waals surface area contributed by atoms with Crippen LogP contribution in [0.5, 0.6) is 0 Å². The standard InChI is InChI=1S/C8H8F3N3S/c9-8(10,11)5-2-1-3-6(4-5)13-14-7(12)15/h1-4,13H,(H3,12,14,15). The van der Waals surface area contributed by atoms with E-state index in [0.717, 1.165) is 12.1 Å². The topological polar surface area (TPSA) is 50.1 Å². The molecule has 15 heavy (non-hydrogen) atoms. The molecule has 0 unspecified atom stereocenters. The summed E-state index contributed by atoms with van der Waals surface area (Å²) in [4.78, 5) is 0. The highest BCUT2D eigenvalue weighted by Crippen LogP contribution is 2.30. The summed E-state index contributed by atoms with van der Waals surface area (Å²) in [5.74, 6) is 0. The third-order valence-electron chi connectivity index (χ3n) is 1.52. The lowest BCUT2D eigenvalue weighted by Gasteiger charge is -2.10. The van der Waals surface area contributed by atoms with Gasteiger partial charge in [0.1, 0.15) is 0 Å². The molecule has 0 radical (unpaired) electrons. The Morgan fingerprint density at radius 2 is 2.00 bits per heavy atom. The minimum Gasteiger partial charge on any atom is -0.375 e. The molecule has 3 nitrogen and oxygen atoms in total. The van der Waals surface area contributed by atoms with Gasteiger partial charge in [-0.15, -0.1) is 0 Å². The Morgan fingerprint density at radius 3 is 2.53 bits per heavy atom. The molecule has 0 saturated carbocycles. The van der Waals surface area contributed by atoms with E-state index in [1.54, 1.807) is 0 Å². The van der Waals surface area contributed by atoms with E-state index >= 15 is 0 Å². The molecule has 0 heterocycles. The summed E-state index contributed by atoms with van der Waals surface area (Å²) in [6.45, 7) is 0. The number of alkyl halides is 3. The maximum absolute atomic E-state index is 12.3. The van der Waals surface area contributed by atoms with Crippen molar-refractivity contribution in [3.05, 3.63) is 29.8 Å². The molecule has 1 aromatic rings. The van der Waals surface area contributed by atoms with Crippen molar-refractivity contribution in [2.75, 3.05) is 5.43 Å². The van der Waals surface area contributed by atoms with E-state index in [1.165, 1.54) is 12.1 Å². The van der Waals surface area contributed by atoms with Crippen LogP contribution in [0.15, 0.2) is 24.3 Å². The van der Waals surface area contributed by atoms with Gasteiger partial charge < -0.3 is 5.73 Å². The van der Waals surface area contributed by atoms with E-state index in [0.29, 0.717) is 0 Å². The van der Waals surface area contributed by atoms with Crippen LogP contribution < -0.4 is 16.6 Å². The normalized spacial score (nSPS) is 10.9. The zero-order valence-electron chi connectivity index (χ0n) is 7.43. The molecular weight excluding hydrogens is 227 g/mol. The first-order chi connectivity index (χ1) is 6.89. The van der Waals surface area contributed by atoms with Crippen LogP contribution in [-0.2, 0) is 6.18 Å². The monoisotopic (exact) mass is 235 g/mol. The van der Waals surface area contributed by atoms with E-state index in [-0.39, 0.29) is 10.8 Å². The van der Waals surface area contributed by atoms with Crippen molar-refractivity contribution < 1.29 is 13.2 Å². The lowest BCUT2D eigenvalue weighted by atomic mass is 10.2. The van der Waals surface area contributed by atoms with Crippen molar-refractivity contribution in [3.63, 3.8) is 0 Å². The molecule has 82 valence electrons. The quantitative estimate of drug-likeness (QED) is 0.541. The molecule has 1 rings (SSSR count). The molecule has 0 aliphatic carbocycles. The Kier molecular flexibility index (Phi) is 3.35. The Labute approximate surface area is 89.4 Å². The summed E-state index contributed by atoms with van der Waals surface area (Å²) in [7, 11) is 0. The van der Waals surface area contributed by atoms with E-state index in [2.05, 4.69) is 23.1 Å². The molecule has 0 saturated heterocycles. The third-order valence-corrected chi connectivity index (χ3v) is 1.62. The Hall–Kier alpha value is -1.50. The molecule has 0 fully saturated rings. The fourth-order valence-corrected chi connectivity index (χ4v) is 0.958. The second-order valence-corrected chi connectivity index (χ2v) is 3.13. The summed E-state index contributed by atoms with van der Waals surface area (Å²) in [6.07, 6.45) is -4.36. The highest BCUT2D eigenvalue weighted by Gasteiger charge is 2.30. The summed E-state index contributed by atoms with van der Waals surface area (Å²) >= 11 is 4.48. The van der Waals surface area contributed by atoms with Crippen LogP contribution in [-0.4, -0.2) is 5.11 Å². The smallest absolute Gasteiger partial charge is 0.375 e. The van der Waals surface area contributed by atoms with Gasteiger partial charge in [-0.25, -0.2) is 0 Å². The molecule has 1 aromatic carbocycles. The lowest BCUT2D eigenvalue weighted by molar-refractivity contribution is -0.137. The van der Waals surface area contributed by atoms with Gasteiger partial charge in [0.15, 0.2) is 5.11 Å². The number of thiocarbonyl (C=S) groups is 1. The summed E-state index contributed by atoms with van der Waals surface area (Å²) < 4.78 is 36.8. The molecule has 0 aliphatic heterocycles. The van der Waals surface area contributed by atoms with Gasteiger partial charge in [0.25, 0.3) is 0 Å². The lowest BCUT2D eigenvalue weighted by Crippen LogP contribution is -2.33. The Morgan fingerprint density at radius 1 is 1.33 bits per heavy atom. The van der Waals surface area contributed by atoms with E-state index in [4.69, 9.17) is 5.73 Å². The molecule has 0 bridgehead atoms. The average molecular weight is 235 g/mol. The number of hydrazine groups is 1. The second-order valence-electron chi connectivity index (χ2n) is 2.69. The van der Waals surface area contributed by atoms with Gasteiger partial charge in [0.2, 0.25) is 0 Å². The number of hydrogen-bond donors (Lipinski definition) is 3. The number of anilines is 1. The summed E-state index contributed by atoms with van der Waals surface area (Å²) in [5.41, 5.74) is 9.37. The van der Waals surface area contributed by atoms with Crippen LogP contribution >= 0.6 is 12.2 Å². The van der Waals surface area contributed by atoms with E-state index < -0.39 is 11.7 Å². The highest BCUT2D eigenvalue weighted by molar-refractivity contribution is 7.80. The van der Waals surface area contributed by atoms with Crippen molar-refractivity contribution >= 4 is 23.0 Å². The maximum Gasteiger partial charge on any atom is 0.416 e. The zero-order valence-corrected chi connectivity index (χ0v) is 8.25. The summed E-state index contributed by atoms with van der Waals surface area (Å²) in [6, 6.07) is 4.67. The van der Waals surface area contributed by atoms with Crippen LogP contribution in [0.3, 0.4) is 0 Å². The molecule has 0 atom stereocenters. The van der Waals surface area contributed by atoms with Gasteiger partial charge in [0.05, 0.1) is 11.3 Å². The van der Waals surface area contributed by atoms with Crippen LogP contribution in [0, 0.1) is 0 Å². The van der Waals surface area contributed by atoms with E-state index in [1.807, 2.05) is 0 Å². The third kappa shape index (κ3) is 3.62. The molecule has 0 aromatic heterocycles. The predicted molar refractivity (Wildman–Crippen MR) is 55.0 cm³/mol. The molecule has 0 amide bonds. The van der Waals surface area contributed by atoms with Crippen molar-refractivity contribution in [2.45, 2.75) is 6.18 Å². The fraction of sp³-hybridized carbons (Fsp3) is 0.125. The highest BCUT2D eigenvalue weighted by atomic mass is 32.1. The molecular formula is C8H8F3N3S. The van der Waals surface area contributed by atoms with Crippen LogP contribution in [0.4, 0.5) is 18.9 Å². The first kappa shape index (κ1) is 11.6. The van der Waals surface area contributed by atoms with Gasteiger partial charge in [-0.3, -0.25) is 10.9 Å².